The Kier molecular flexibility index (Phi) is 6.17. The third kappa shape index (κ3) is 4.57. The molecule has 3 aromatic rings. The monoisotopic (exact) mass is 389 g/mol. The van der Waals surface area contributed by atoms with E-state index in [-0.39, 0.29) is 5.97 Å². The SMILES string of the molecule is CCOC(=O)c1cccc(N=Cc2cc(C)n(-c3ccc(N(C)C)cc3)c2C)c1. The highest BCUT2D eigenvalue weighted by Gasteiger charge is 2.10. The van der Waals surface area contributed by atoms with Crippen molar-refractivity contribution in [3.63, 3.8) is 0 Å². The first-order valence-corrected chi connectivity index (χ1v) is 9.68. The van der Waals surface area contributed by atoms with Gasteiger partial charge in [0.15, 0.2) is 0 Å². The maximum atomic E-state index is 11.9. The zero-order valence-electron chi connectivity index (χ0n) is 17.6. The molecule has 5 heteroatoms. The van der Waals surface area contributed by atoms with Gasteiger partial charge in [0.2, 0.25) is 0 Å². The van der Waals surface area contributed by atoms with Gasteiger partial charge in [0.1, 0.15) is 0 Å². The lowest BCUT2D eigenvalue weighted by atomic mass is 10.2. The number of carbonyl (C=O) groups excluding carboxylic acids is 1. The predicted octanol–water partition coefficient (Wildman–Crippen LogP) is 5.09. The van der Waals surface area contributed by atoms with Crippen LogP contribution in [0.3, 0.4) is 0 Å². The minimum Gasteiger partial charge on any atom is -0.462 e. The molecule has 2 aromatic carbocycles. The Morgan fingerprint density at radius 1 is 1.10 bits per heavy atom. The Balaban J connectivity index is 1.87. The van der Waals surface area contributed by atoms with Crippen molar-refractivity contribution in [2.24, 2.45) is 4.99 Å². The second-order valence-corrected chi connectivity index (χ2v) is 7.10. The molecule has 1 aromatic heterocycles. The van der Waals surface area contributed by atoms with Crippen LogP contribution in [0.2, 0.25) is 0 Å². The molecule has 0 amide bonds. The first kappa shape index (κ1) is 20.4. The minimum atomic E-state index is -0.330. The van der Waals surface area contributed by atoms with Crippen molar-refractivity contribution in [3.8, 4) is 5.69 Å². The zero-order chi connectivity index (χ0) is 21.0. The van der Waals surface area contributed by atoms with Crippen molar-refractivity contribution in [1.29, 1.82) is 0 Å². The number of hydrogen-bond donors (Lipinski definition) is 0. The van der Waals surface area contributed by atoms with E-state index in [2.05, 4.69) is 58.6 Å². The molecule has 0 aliphatic carbocycles. The number of esters is 1. The highest BCUT2D eigenvalue weighted by Crippen LogP contribution is 2.23. The van der Waals surface area contributed by atoms with Crippen LogP contribution in [0.5, 0.6) is 0 Å². The second kappa shape index (κ2) is 8.78. The van der Waals surface area contributed by atoms with Crippen LogP contribution < -0.4 is 4.90 Å². The number of aryl methyl sites for hydroxylation is 1. The number of ether oxygens (including phenoxy) is 1. The lowest BCUT2D eigenvalue weighted by Crippen LogP contribution is -2.08. The van der Waals surface area contributed by atoms with Crippen molar-refractivity contribution in [3.05, 3.63) is 77.1 Å². The molecule has 0 radical (unpaired) electrons. The highest BCUT2D eigenvalue weighted by atomic mass is 16.5. The van der Waals surface area contributed by atoms with E-state index in [9.17, 15) is 4.79 Å². The Morgan fingerprint density at radius 3 is 2.48 bits per heavy atom. The van der Waals surface area contributed by atoms with Crippen molar-refractivity contribution in [2.75, 3.05) is 25.6 Å². The van der Waals surface area contributed by atoms with E-state index in [1.807, 2.05) is 32.4 Å². The summed E-state index contributed by atoms with van der Waals surface area (Å²) in [7, 11) is 4.07. The molecular weight excluding hydrogens is 362 g/mol. The molecule has 0 aliphatic heterocycles. The van der Waals surface area contributed by atoms with Crippen LogP contribution in [0.15, 0.2) is 59.6 Å². The number of hydrogen-bond acceptors (Lipinski definition) is 4. The summed E-state index contributed by atoms with van der Waals surface area (Å²) in [5, 5.41) is 0. The van der Waals surface area contributed by atoms with E-state index in [0.717, 1.165) is 28.3 Å². The van der Waals surface area contributed by atoms with E-state index in [1.165, 1.54) is 5.69 Å². The molecule has 0 bridgehead atoms. The molecule has 0 fully saturated rings. The molecule has 0 atom stereocenters. The van der Waals surface area contributed by atoms with Gasteiger partial charge in [0.05, 0.1) is 17.9 Å². The number of carbonyl (C=O) groups is 1. The summed E-state index contributed by atoms with van der Waals surface area (Å²) in [6, 6.07) is 17.8. The summed E-state index contributed by atoms with van der Waals surface area (Å²) in [5.41, 5.74) is 6.81. The fraction of sp³-hybridized carbons (Fsp3) is 0.250. The lowest BCUT2D eigenvalue weighted by molar-refractivity contribution is 0.0526. The highest BCUT2D eigenvalue weighted by molar-refractivity contribution is 5.91. The molecule has 0 aliphatic rings. The largest absolute Gasteiger partial charge is 0.462 e. The van der Waals surface area contributed by atoms with Gasteiger partial charge in [-0.05, 0) is 69.3 Å². The summed E-state index contributed by atoms with van der Waals surface area (Å²) in [4.78, 5) is 18.6. The first-order chi connectivity index (χ1) is 13.9. The molecule has 0 saturated carbocycles. The topological polar surface area (TPSA) is 46.8 Å². The van der Waals surface area contributed by atoms with Crippen molar-refractivity contribution < 1.29 is 9.53 Å². The van der Waals surface area contributed by atoms with Crippen LogP contribution >= 0.6 is 0 Å². The van der Waals surface area contributed by atoms with Gasteiger partial charge in [-0.3, -0.25) is 4.99 Å². The van der Waals surface area contributed by atoms with Crippen molar-refractivity contribution in [2.45, 2.75) is 20.8 Å². The molecule has 29 heavy (non-hydrogen) atoms. The summed E-state index contributed by atoms with van der Waals surface area (Å²) in [6.45, 7) is 6.33. The van der Waals surface area contributed by atoms with E-state index < -0.39 is 0 Å². The van der Waals surface area contributed by atoms with E-state index in [1.54, 1.807) is 19.1 Å². The molecule has 5 nitrogen and oxygen atoms in total. The van der Waals surface area contributed by atoms with Crippen molar-refractivity contribution in [1.82, 2.24) is 4.57 Å². The lowest BCUT2D eigenvalue weighted by Gasteiger charge is -2.14. The first-order valence-electron chi connectivity index (χ1n) is 9.68. The van der Waals surface area contributed by atoms with Gasteiger partial charge < -0.3 is 14.2 Å². The average molecular weight is 389 g/mol. The van der Waals surface area contributed by atoms with Crippen LogP contribution in [-0.4, -0.2) is 37.5 Å². The number of rotatable bonds is 6. The van der Waals surface area contributed by atoms with E-state index >= 15 is 0 Å². The quantitative estimate of drug-likeness (QED) is 0.436. The summed E-state index contributed by atoms with van der Waals surface area (Å²) in [6.07, 6.45) is 1.84. The third-order valence-electron chi connectivity index (χ3n) is 4.80. The normalized spacial score (nSPS) is 11.1. The number of aliphatic imine (C=N–C) groups is 1. The summed E-state index contributed by atoms with van der Waals surface area (Å²) >= 11 is 0. The third-order valence-corrected chi connectivity index (χ3v) is 4.80. The number of anilines is 1. The van der Waals surface area contributed by atoms with Gasteiger partial charge in [0.25, 0.3) is 0 Å². The van der Waals surface area contributed by atoms with Crippen LogP contribution in [0.4, 0.5) is 11.4 Å². The second-order valence-electron chi connectivity index (χ2n) is 7.10. The molecule has 0 saturated heterocycles. The van der Waals surface area contributed by atoms with Gasteiger partial charge in [-0.2, -0.15) is 0 Å². The average Bonchev–Trinajstić information content (AvgIpc) is 3.00. The van der Waals surface area contributed by atoms with Gasteiger partial charge in [0, 0.05) is 48.6 Å². The molecule has 0 spiro atoms. The Morgan fingerprint density at radius 2 is 1.83 bits per heavy atom. The Bertz CT molecular complexity index is 1030. The zero-order valence-corrected chi connectivity index (χ0v) is 17.6. The maximum absolute atomic E-state index is 11.9. The summed E-state index contributed by atoms with van der Waals surface area (Å²) in [5.74, 6) is -0.330. The number of nitrogens with zero attached hydrogens (tertiary/aromatic N) is 3. The molecule has 1 heterocycles. The molecule has 0 unspecified atom stereocenters. The predicted molar refractivity (Wildman–Crippen MR) is 119 cm³/mol. The number of benzene rings is 2. The van der Waals surface area contributed by atoms with Crippen LogP contribution in [0.25, 0.3) is 5.69 Å². The van der Waals surface area contributed by atoms with Crippen LogP contribution in [-0.2, 0) is 4.74 Å². The van der Waals surface area contributed by atoms with Crippen LogP contribution in [0.1, 0.15) is 34.2 Å². The summed E-state index contributed by atoms with van der Waals surface area (Å²) < 4.78 is 7.28. The molecular formula is C24H27N3O2. The fourth-order valence-corrected chi connectivity index (χ4v) is 3.29. The van der Waals surface area contributed by atoms with Crippen molar-refractivity contribution >= 4 is 23.6 Å². The van der Waals surface area contributed by atoms with Crippen LogP contribution in [0, 0.1) is 13.8 Å². The Labute approximate surface area is 172 Å². The minimum absolute atomic E-state index is 0.330. The molecule has 3 rings (SSSR count). The molecule has 150 valence electrons. The van der Waals surface area contributed by atoms with E-state index in [4.69, 9.17) is 4.74 Å². The van der Waals surface area contributed by atoms with Gasteiger partial charge in [-0.25, -0.2) is 4.79 Å². The van der Waals surface area contributed by atoms with Gasteiger partial charge >= 0.3 is 5.97 Å². The number of aromatic nitrogens is 1. The Hall–Kier alpha value is -3.34. The maximum Gasteiger partial charge on any atom is 0.338 e. The van der Waals surface area contributed by atoms with E-state index in [0.29, 0.717) is 12.2 Å². The van der Waals surface area contributed by atoms with Gasteiger partial charge in [-0.1, -0.05) is 6.07 Å². The standard InChI is InChI=1S/C24H27N3O2/c1-6-29-24(28)19-8-7-9-21(15-19)25-16-20-14-17(2)27(18(20)3)23-12-10-22(11-13-23)26(4)5/h7-16H,6H2,1-5H3. The fourth-order valence-electron chi connectivity index (χ4n) is 3.29. The smallest absolute Gasteiger partial charge is 0.338 e. The van der Waals surface area contributed by atoms with Gasteiger partial charge in [-0.15, -0.1) is 0 Å². The molecule has 0 N–H and O–H groups in total.